The monoisotopic (exact) mass is 256 g/mol. The lowest BCUT2D eigenvalue weighted by atomic mass is 10.0. The number of rotatable bonds is 11. The molecule has 0 heterocycles. The van der Waals surface area contributed by atoms with Gasteiger partial charge in [0.25, 0.3) is 0 Å². The van der Waals surface area contributed by atoms with Crippen LogP contribution in [0.5, 0.6) is 0 Å². The van der Waals surface area contributed by atoms with Gasteiger partial charge in [-0.2, -0.15) is 0 Å². The zero-order valence-electron chi connectivity index (χ0n) is 12.2. The maximum atomic E-state index is 11.3. The number of hydrogen-bond donors (Lipinski definition) is 0. The molecule has 18 heavy (non-hydrogen) atoms. The minimum Gasteiger partial charge on any atom is -0.487 e. The molecule has 0 aliphatic carbocycles. The second kappa shape index (κ2) is 11.1. The molecule has 0 saturated heterocycles. The number of ether oxygens (including phenoxy) is 2. The molecule has 3 nitrogen and oxygen atoms in total. The minimum atomic E-state index is -0.434. The fourth-order valence-corrected chi connectivity index (χ4v) is 1.66. The molecule has 0 bridgehead atoms. The summed E-state index contributed by atoms with van der Waals surface area (Å²) in [4.78, 5) is 11.3. The van der Waals surface area contributed by atoms with Gasteiger partial charge in [-0.05, 0) is 25.8 Å². The number of hydrogen-bond acceptors (Lipinski definition) is 3. The second-order valence-corrected chi connectivity index (χ2v) is 4.94. The number of esters is 1. The largest absolute Gasteiger partial charge is 0.487 e. The second-order valence-electron chi connectivity index (χ2n) is 4.94. The topological polar surface area (TPSA) is 35.5 Å². The van der Waals surface area contributed by atoms with Gasteiger partial charge >= 0.3 is 5.97 Å². The Hall–Kier alpha value is -0.990. The van der Waals surface area contributed by atoms with Gasteiger partial charge in [0, 0.05) is 0 Å². The van der Waals surface area contributed by atoms with Gasteiger partial charge in [0.2, 0.25) is 0 Å². The van der Waals surface area contributed by atoms with Crippen LogP contribution in [0.1, 0.15) is 59.3 Å². The lowest BCUT2D eigenvalue weighted by Gasteiger charge is -2.07. The molecule has 0 amide bonds. The van der Waals surface area contributed by atoms with Crippen LogP contribution in [-0.2, 0) is 14.3 Å². The van der Waals surface area contributed by atoms with Crippen LogP contribution in [0.25, 0.3) is 0 Å². The van der Waals surface area contributed by atoms with Crippen molar-refractivity contribution in [3.05, 3.63) is 12.3 Å². The quantitative estimate of drug-likeness (QED) is 0.242. The van der Waals surface area contributed by atoms with Crippen molar-refractivity contribution in [3.8, 4) is 0 Å². The van der Waals surface area contributed by atoms with E-state index in [-0.39, 0.29) is 5.76 Å². The van der Waals surface area contributed by atoms with Gasteiger partial charge in [0.05, 0.1) is 13.2 Å². The third-order valence-electron chi connectivity index (χ3n) is 2.71. The third-order valence-corrected chi connectivity index (χ3v) is 2.71. The highest BCUT2D eigenvalue weighted by molar-refractivity contribution is 5.85. The van der Waals surface area contributed by atoms with E-state index in [1.165, 1.54) is 25.7 Å². The fourth-order valence-electron chi connectivity index (χ4n) is 1.66. The van der Waals surface area contributed by atoms with Crippen molar-refractivity contribution in [1.29, 1.82) is 0 Å². The van der Waals surface area contributed by atoms with Crippen molar-refractivity contribution in [1.82, 2.24) is 0 Å². The lowest BCUT2D eigenvalue weighted by molar-refractivity contribution is -0.143. The first-order chi connectivity index (χ1) is 8.57. The molecular formula is C15H28O3. The maximum absolute atomic E-state index is 11.3. The Labute approximate surface area is 112 Å². The molecule has 0 saturated carbocycles. The lowest BCUT2D eigenvalue weighted by Crippen LogP contribution is -2.10. The first kappa shape index (κ1) is 17.0. The van der Waals surface area contributed by atoms with E-state index in [9.17, 15) is 4.79 Å². The molecule has 0 aromatic heterocycles. The smallest absolute Gasteiger partial charge is 0.372 e. The van der Waals surface area contributed by atoms with Crippen LogP contribution in [0.2, 0.25) is 0 Å². The molecule has 0 aromatic carbocycles. The summed E-state index contributed by atoms with van der Waals surface area (Å²) in [6, 6.07) is 0. The summed E-state index contributed by atoms with van der Waals surface area (Å²) in [6.45, 7) is 10.7. The van der Waals surface area contributed by atoms with Crippen molar-refractivity contribution in [2.75, 3.05) is 13.2 Å². The number of carbonyl (C=O) groups is 1. The van der Waals surface area contributed by atoms with E-state index < -0.39 is 5.97 Å². The number of carbonyl (C=O) groups excluding carboxylic acids is 1. The van der Waals surface area contributed by atoms with Crippen LogP contribution < -0.4 is 0 Å². The molecule has 0 fully saturated rings. The van der Waals surface area contributed by atoms with Crippen LogP contribution >= 0.6 is 0 Å². The molecular weight excluding hydrogens is 228 g/mol. The van der Waals surface area contributed by atoms with Crippen LogP contribution in [0, 0.1) is 5.92 Å². The summed E-state index contributed by atoms with van der Waals surface area (Å²) in [5, 5.41) is 0. The van der Waals surface area contributed by atoms with Gasteiger partial charge in [-0.15, -0.1) is 0 Å². The highest BCUT2D eigenvalue weighted by atomic mass is 16.6. The first-order valence-electron chi connectivity index (χ1n) is 7.06. The van der Waals surface area contributed by atoms with Gasteiger partial charge in [-0.3, -0.25) is 0 Å². The Morgan fingerprint density at radius 1 is 1.06 bits per heavy atom. The van der Waals surface area contributed by atoms with Crippen molar-refractivity contribution in [2.24, 2.45) is 5.92 Å². The zero-order valence-corrected chi connectivity index (χ0v) is 12.2. The SMILES string of the molecule is C=C(OCC)C(=O)OCCCCCCCC(C)C. The molecule has 0 aliphatic rings. The average Bonchev–Trinajstić information content (AvgIpc) is 2.32. The van der Waals surface area contributed by atoms with Crippen molar-refractivity contribution < 1.29 is 14.3 Å². The summed E-state index contributed by atoms with van der Waals surface area (Å²) < 4.78 is 10.0. The molecule has 0 aromatic rings. The van der Waals surface area contributed by atoms with E-state index in [0.29, 0.717) is 13.2 Å². The molecule has 0 aliphatic heterocycles. The van der Waals surface area contributed by atoms with Crippen LogP contribution in [-0.4, -0.2) is 19.2 Å². The van der Waals surface area contributed by atoms with Crippen LogP contribution in [0.3, 0.4) is 0 Å². The van der Waals surface area contributed by atoms with E-state index in [4.69, 9.17) is 9.47 Å². The van der Waals surface area contributed by atoms with Crippen molar-refractivity contribution in [3.63, 3.8) is 0 Å². The minimum absolute atomic E-state index is 0.106. The fraction of sp³-hybridized carbons (Fsp3) is 0.800. The summed E-state index contributed by atoms with van der Waals surface area (Å²) in [7, 11) is 0. The Bertz CT molecular complexity index is 234. The van der Waals surface area contributed by atoms with Crippen LogP contribution in [0.4, 0.5) is 0 Å². The average molecular weight is 256 g/mol. The summed E-state index contributed by atoms with van der Waals surface area (Å²) in [6.07, 6.45) is 7.15. The zero-order chi connectivity index (χ0) is 13.8. The van der Waals surface area contributed by atoms with Gasteiger partial charge in [0.1, 0.15) is 0 Å². The summed E-state index contributed by atoms with van der Waals surface area (Å²) in [5.74, 6) is 0.474. The van der Waals surface area contributed by atoms with E-state index in [0.717, 1.165) is 18.8 Å². The van der Waals surface area contributed by atoms with E-state index in [1.54, 1.807) is 0 Å². The van der Waals surface area contributed by atoms with Gasteiger partial charge in [0.15, 0.2) is 5.76 Å². The molecule has 0 radical (unpaired) electrons. The van der Waals surface area contributed by atoms with Crippen molar-refractivity contribution in [2.45, 2.75) is 59.3 Å². The predicted molar refractivity (Wildman–Crippen MR) is 74.3 cm³/mol. The first-order valence-corrected chi connectivity index (χ1v) is 7.06. The number of unbranched alkanes of at least 4 members (excludes halogenated alkanes) is 4. The third kappa shape index (κ3) is 10.2. The Morgan fingerprint density at radius 3 is 2.28 bits per heavy atom. The van der Waals surface area contributed by atoms with Gasteiger partial charge < -0.3 is 9.47 Å². The highest BCUT2D eigenvalue weighted by Crippen LogP contribution is 2.10. The Balaban J connectivity index is 3.30. The molecule has 0 spiro atoms. The highest BCUT2D eigenvalue weighted by Gasteiger charge is 2.08. The molecule has 106 valence electrons. The Morgan fingerprint density at radius 2 is 1.67 bits per heavy atom. The van der Waals surface area contributed by atoms with E-state index >= 15 is 0 Å². The molecule has 0 N–H and O–H groups in total. The summed E-state index contributed by atoms with van der Waals surface area (Å²) in [5.41, 5.74) is 0. The standard InChI is InChI=1S/C15H28O3/c1-5-17-14(4)15(16)18-12-10-8-6-7-9-11-13(2)3/h13H,4-12H2,1-3H3. The predicted octanol–water partition coefficient (Wildman–Crippen LogP) is 4.08. The summed E-state index contributed by atoms with van der Waals surface area (Å²) >= 11 is 0. The van der Waals surface area contributed by atoms with E-state index in [1.807, 2.05) is 6.92 Å². The van der Waals surface area contributed by atoms with E-state index in [2.05, 4.69) is 20.4 Å². The van der Waals surface area contributed by atoms with Gasteiger partial charge in [-0.25, -0.2) is 4.79 Å². The molecule has 3 heteroatoms. The van der Waals surface area contributed by atoms with Crippen LogP contribution in [0.15, 0.2) is 12.3 Å². The molecule has 0 atom stereocenters. The molecule has 0 rings (SSSR count). The maximum Gasteiger partial charge on any atom is 0.372 e. The normalized spacial score (nSPS) is 10.4. The molecule has 0 unspecified atom stereocenters. The van der Waals surface area contributed by atoms with Crippen molar-refractivity contribution >= 4 is 5.97 Å². The Kier molecular flexibility index (Phi) is 10.5. The van der Waals surface area contributed by atoms with Gasteiger partial charge in [-0.1, -0.05) is 46.0 Å².